The van der Waals surface area contributed by atoms with Crippen molar-refractivity contribution in [2.75, 3.05) is 12.3 Å². The van der Waals surface area contributed by atoms with Gasteiger partial charge >= 0.3 is 0 Å². The van der Waals surface area contributed by atoms with Crippen LogP contribution in [0.4, 0.5) is 0 Å². The molecule has 1 saturated carbocycles. The number of hydrogen-bond donors (Lipinski definition) is 0. The van der Waals surface area contributed by atoms with Crippen molar-refractivity contribution in [3.05, 3.63) is 0 Å². The number of aromatic nitrogens is 4. The zero-order valence-corrected chi connectivity index (χ0v) is 13.1. The van der Waals surface area contributed by atoms with Crippen LogP contribution in [0.15, 0.2) is 5.16 Å². The van der Waals surface area contributed by atoms with Crippen molar-refractivity contribution in [1.82, 2.24) is 25.1 Å². The third kappa shape index (κ3) is 3.94. The van der Waals surface area contributed by atoms with Gasteiger partial charge in [0.15, 0.2) is 0 Å². The van der Waals surface area contributed by atoms with Gasteiger partial charge in [-0.1, -0.05) is 31.5 Å². The van der Waals surface area contributed by atoms with Crippen LogP contribution >= 0.6 is 11.8 Å². The first-order valence-corrected chi connectivity index (χ1v) is 8.35. The Morgan fingerprint density at radius 1 is 1.45 bits per heavy atom. The normalized spacial score (nSPS) is 15.7. The molecule has 1 aromatic heterocycles. The highest BCUT2D eigenvalue weighted by atomic mass is 32.2. The van der Waals surface area contributed by atoms with Crippen LogP contribution in [0.1, 0.15) is 45.4 Å². The van der Waals surface area contributed by atoms with Crippen LogP contribution in [0.2, 0.25) is 0 Å². The number of nitrogens with zero attached hydrogens (tertiary/aromatic N) is 5. The summed E-state index contributed by atoms with van der Waals surface area (Å²) >= 11 is 1.65. The lowest BCUT2D eigenvalue weighted by molar-refractivity contribution is -0.133. The molecular formula is C13H23N5OS. The maximum absolute atomic E-state index is 12.1. The fourth-order valence-corrected chi connectivity index (χ4v) is 3.45. The summed E-state index contributed by atoms with van der Waals surface area (Å²) in [5.41, 5.74) is 0. The van der Waals surface area contributed by atoms with E-state index in [2.05, 4.69) is 20.4 Å². The van der Waals surface area contributed by atoms with Crippen LogP contribution in [0, 0.1) is 0 Å². The number of carbonyl (C=O) groups is 1. The first kappa shape index (κ1) is 15.3. The molecule has 0 unspecified atom stereocenters. The standard InChI is InChI=1S/C13H23N5OS/c1-3-12(19)18(11-7-4-5-8-11)9-6-10-20-13-14-15-16-17(13)2/h11H,3-10H2,1-2H3. The number of tetrazole rings is 1. The van der Waals surface area contributed by atoms with Gasteiger partial charge in [0.1, 0.15) is 0 Å². The summed E-state index contributed by atoms with van der Waals surface area (Å²) in [6.45, 7) is 2.81. The third-order valence-electron chi connectivity index (χ3n) is 3.74. The minimum absolute atomic E-state index is 0.294. The first-order valence-electron chi connectivity index (χ1n) is 7.37. The van der Waals surface area contributed by atoms with E-state index in [1.54, 1.807) is 16.4 Å². The van der Waals surface area contributed by atoms with Crippen molar-refractivity contribution in [2.24, 2.45) is 7.05 Å². The molecule has 0 radical (unpaired) electrons. The van der Waals surface area contributed by atoms with E-state index in [0.717, 1.165) is 23.9 Å². The zero-order chi connectivity index (χ0) is 14.4. The van der Waals surface area contributed by atoms with Gasteiger partial charge in [-0.05, 0) is 29.7 Å². The molecular weight excluding hydrogens is 274 g/mol. The van der Waals surface area contributed by atoms with Gasteiger partial charge in [-0.25, -0.2) is 4.68 Å². The molecule has 1 fully saturated rings. The van der Waals surface area contributed by atoms with Gasteiger partial charge in [0, 0.05) is 31.8 Å². The zero-order valence-electron chi connectivity index (χ0n) is 12.3. The second-order valence-electron chi connectivity index (χ2n) is 5.17. The molecule has 1 aromatic rings. The van der Waals surface area contributed by atoms with Crippen LogP contribution in [0.5, 0.6) is 0 Å². The van der Waals surface area contributed by atoms with Crippen molar-refractivity contribution in [1.29, 1.82) is 0 Å². The van der Waals surface area contributed by atoms with E-state index in [0.29, 0.717) is 18.4 Å². The van der Waals surface area contributed by atoms with Gasteiger partial charge in [0.2, 0.25) is 11.1 Å². The topological polar surface area (TPSA) is 63.9 Å². The van der Waals surface area contributed by atoms with E-state index >= 15 is 0 Å². The van der Waals surface area contributed by atoms with Gasteiger partial charge in [0.05, 0.1) is 0 Å². The Morgan fingerprint density at radius 3 is 2.80 bits per heavy atom. The summed E-state index contributed by atoms with van der Waals surface area (Å²) in [7, 11) is 1.84. The molecule has 2 rings (SSSR count). The number of carbonyl (C=O) groups excluding carboxylic acids is 1. The Balaban J connectivity index is 1.77. The molecule has 0 saturated heterocycles. The summed E-state index contributed by atoms with van der Waals surface area (Å²) < 4.78 is 1.68. The summed E-state index contributed by atoms with van der Waals surface area (Å²) in [6, 6.07) is 0.476. The Bertz CT molecular complexity index is 430. The minimum atomic E-state index is 0.294. The molecule has 0 bridgehead atoms. The van der Waals surface area contributed by atoms with Crippen molar-refractivity contribution in [2.45, 2.75) is 56.6 Å². The number of aryl methyl sites for hydroxylation is 1. The fourth-order valence-electron chi connectivity index (χ4n) is 2.67. The van der Waals surface area contributed by atoms with Gasteiger partial charge in [0.25, 0.3) is 0 Å². The Morgan fingerprint density at radius 2 is 2.20 bits per heavy atom. The van der Waals surface area contributed by atoms with Crippen LogP contribution in [-0.2, 0) is 11.8 Å². The number of hydrogen-bond acceptors (Lipinski definition) is 5. The van der Waals surface area contributed by atoms with Gasteiger partial charge in [-0.3, -0.25) is 4.79 Å². The molecule has 20 heavy (non-hydrogen) atoms. The second-order valence-corrected chi connectivity index (χ2v) is 6.23. The van der Waals surface area contributed by atoms with Crippen LogP contribution < -0.4 is 0 Å². The number of thioether (sulfide) groups is 1. The Kier molecular flexibility index (Phi) is 5.82. The van der Waals surface area contributed by atoms with E-state index in [9.17, 15) is 4.79 Å². The number of rotatable bonds is 7. The summed E-state index contributed by atoms with van der Waals surface area (Å²) in [5.74, 6) is 1.23. The van der Waals surface area contributed by atoms with Crippen molar-refractivity contribution in [3.8, 4) is 0 Å². The molecule has 1 aliphatic carbocycles. The van der Waals surface area contributed by atoms with E-state index in [-0.39, 0.29) is 0 Å². The van der Waals surface area contributed by atoms with Gasteiger partial charge in [-0.2, -0.15) is 0 Å². The van der Waals surface area contributed by atoms with E-state index in [1.165, 1.54) is 25.7 Å². The molecule has 1 aliphatic rings. The molecule has 0 aromatic carbocycles. The molecule has 6 nitrogen and oxygen atoms in total. The van der Waals surface area contributed by atoms with Crippen LogP contribution in [0.3, 0.4) is 0 Å². The van der Waals surface area contributed by atoms with Crippen molar-refractivity contribution < 1.29 is 4.79 Å². The Hall–Kier alpha value is -1.11. The summed E-state index contributed by atoms with van der Waals surface area (Å²) in [4.78, 5) is 14.2. The first-order chi connectivity index (χ1) is 9.72. The lowest BCUT2D eigenvalue weighted by atomic mass is 10.2. The maximum Gasteiger partial charge on any atom is 0.222 e. The molecule has 0 atom stereocenters. The minimum Gasteiger partial charge on any atom is -0.340 e. The quantitative estimate of drug-likeness (QED) is 0.568. The maximum atomic E-state index is 12.1. The smallest absolute Gasteiger partial charge is 0.222 e. The second kappa shape index (κ2) is 7.61. The molecule has 0 N–H and O–H groups in total. The molecule has 1 amide bonds. The van der Waals surface area contributed by atoms with Crippen LogP contribution in [0.25, 0.3) is 0 Å². The monoisotopic (exact) mass is 297 g/mol. The summed E-state index contributed by atoms with van der Waals surface area (Å²) in [5, 5.41) is 12.2. The summed E-state index contributed by atoms with van der Waals surface area (Å²) in [6.07, 6.45) is 6.46. The van der Waals surface area contributed by atoms with Crippen LogP contribution in [-0.4, -0.2) is 49.4 Å². The highest BCUT2D eigenvalue weighted by molar-refractivity contribution is 7.99. The van der Waals surface area contributed by atoms with Crippen molar-refractivity contribution in [3.63, 3.8) is 0 Å². The molecule has 0 aliphatic heterocycles. The number of amides is 1. The predicted molar refractivity (Wildman–Crippen MR) is 78.4 cm³/mol. The molecule has 0 spiro atoms. The van der Waals surface area contributed by atoms with E-state index in [4.69, 9.17) is 0 Å². The average molecular weight is 297 g/mol. The fraction of sp³-hybridized carbons (Fsp3) is 0.846. The average Bonchev–Trinajstić information content (AvgIpc) is 3.10. The Labute approximate surface area is 124 Å². The highest BCUT2D eigenvalue weighted by Crippen LogP contribution is 2.24. The lowest BCUT2D eigenvalue weighted by Gasteiger charge is -2.28. The van der Waals surface area contributed by atoms with Gasteiger partial charge < -0.3 is 4.90 Å². The molecule has 7 heteroatoms. The SMILES string of the molecule is CCC(=O)N(CCCSc1nnnn1C)C1CCCC1. The van der Waals surface area contributed by atoms with Gasteiger partial charge in [-0.15, -0.1) is 5.10 Å². The lowest BCUT2D eigenvalue weighted by Crippen LogP contribution is -2.39. The van der Waals surface area contributed by atoms with Crippen molar-refractivity contribution >= 4 is 17.7 Å². The van der Waals surface area contributed by atoms with E-state index < -0.39 is 0 Å². The largest absolute Gasteiger partial charge is 0.340 e. The predicted octanol–water partition coefficient (Wildman–Crippen LogP) is 1.87. The molecule has 1 heterocycles. The highest BCUT2D eigenvalue weighted by Gasteiger charge is 2.25. The van der Waals surface area contributed by atoms with E-state index in [1.807, 2.05) is 14.0 Å². The third-order valence-corrected chi connectivity index (χ3v) is 4.84. The molecule has 112 valence electrons.